The molecule has 2 aliphatic rings. The van der Waals surface area contributed by atoms with Crippen molar-refractivity contribution < 1.29 is 4.74 Å². The van der Waals surface area contributed by atoms with Crippen molar-refractivity contribution in [3.05, 3.63) is 48.3 Å². The summed E-state index contributed by atoms with van der Waals surface area (Å²) in [6.45, 7) is 7.79. The van der Waals surface area contributed by atoms with E-state index in [1.54, 1.807) is 6.20 Å². The fourth-order valence-corrected chi connectivity index (χ4v) is 4.04. The number of guanidine groups is 1. The van der Waals surface area contributed by atoms with E-state index >= 15 is 0 Å². The van der Waals surface area contributed by atoms with E-state index in [-0.39, 0.29) is 24.0 Å². The van der Waals surface area contributed by atoms with E-state index in [0.717, 1.165) is 57.5 Å². The first kappa shape index (κ1) is 21.1. The Labute approximate surface area is 184 Å². The topological polar surface area (TPSA) is 54.7 Å². The Morgan fingerprint density at radius 1 is 1.29 bits per heavy atom. The molecule has 152 valence electrons. The van der Waals surface area contributed by atoms with Gasteiger partial charge in [-0.1, -0.05) is 12.1 Å². The zero-order chi connectivity index (χ0) is 18.5. The molecule has 28 heavy (non-hydrogen) atoms. The van der Waals surface area contributed by atoms with Crippen LogP contribution < -0.4 is 5.32 Å². The molecule has 2 saturated heterocycles. The molecule has 2 fully saturated rings. The van der Waals surface area contributed by atoms with E-state index in [0.29, 0.717) is 5.41 Å². The number of nitrogens with zero attached hydrogens (tertiary/aromatic N) is 4. The number of hydrogen-bond acceptors (Lipinski definition) is 3. The second-order valence-electron chi connectivity index (χ2n) is 7.58. The van der Waals surface area contributed by atoms with E-state index in [1.807, 2.05) is 16.9 Å². The van der Waals surface area contributed by atoms with Crippen LogP contribution in [-0.4, -0.2) is 60.0 Å². The Morgan fingerprint density at radius 2 is 2.14 bits per heavy atom. The van der Waals surface area contributed by atoms with Crippen LogP contribution in [0.1, 0.15) is 25.3 Å². The number of likely N-dealkylation sites (tertiary alicyclic amines) is 1. The van der Waals surface area contributed by atoms with Gasteiger partial charge in [-0.25, -0.2) is 4.68 Å². The fraction of sp³-hybridized carbons (Fsp3) is 0.524. The van der Waals surface area contributed by atoms with Crippen molar-refractivity contribution in [1.29, 1.82) is 0 Å². The van der Waals surface area contributed by atoms with Crippen LogP contribution in [0.25, 0.3) is 5.69 Å². The maximum Gasteiger partial charge on any atom is 0.193 e. The van der Waals surface area contributed by atoms with Crippen molar-refractivity contribution in [3.63, 3.8) is 0 Å². The van der Waals surface area contributed by atoms with Crippen molar-refractivity contribution in [2.75, 3.05) is 39.4 Å². The minimum atomic E-state index is 0. The fourth-order valence-electron chi connectivity index (χ4n) is 4.04. The summed E-state index contributed by atoms with van der Waals surface area (Å²) in [4.78, 5) is 7.31. The Kier molecular flexibility index (Phi) is 7.34. The molecule has 1 atom stereocenters. The molecule has 2 aromatic rings. The summed E-state index contributed by atoms with van der Waals surface area (Å²) >= 11 is 0. The second-order valence-corrected chi connectivity index (χ2v) is 7.58. The molecule has 0 aliphatic carbocycles. The van der Waals surface area contributed by atoms with Crippen LogP contribution in [0.15, 0.2) is 47.7 Å². The van der Waals surface area contributed by atoms with E-state index in [2.05, 4.69) is 46.5 Å². The summed E-state index contributed by atoms with van der Waals surface area (Å²) in [6.07, 6.45) is 7.10. The summed E-state index contributed by atoms with van der Waals surface area (Å²) in [5.41, 5.74) is 2.74. The van der Waals surface area contributed by atoms with Gasteiger partial charge in [0.25, 0.3) is 0 Å². The number of nitrogens with one attached hydrogen (secondary N) is 1. The summed E-state index contributed by atoms with van der Waals surface area (Å²) in [6, 6.07) is 10.5. The SMILES string of the molecule is CCNC(=NCCc1ccc(-n2cccn2)cc1)N1CCC2(CCOC2)C1.I. The molecule has 1 aromatic carbocycles. The predicted octanol–water partition coefficient (Wildman–Crippen LogP) is 3.11. The highest BCUT2D eigenvalue weighted by Gasteiger charge is 2.42. The number of benzene rings is 1. The molecule has 6 nitrogen and oxygen atoms in total. The van der Waals surface area contributed by atoms with Gasteiger partial charge >= 0.3 is 0 Å². The zero-order valence-corrected chi connectivity index (χ0v) is 18.8. The first-order valence-corrected chi connectivity index (χ1v) is 9.98. The molecule has 0 radical (unpaired) electrons. The van der Waals surface area contributed by atoms with Gasteiger partial charge in [0.05, 0.1) is 12.3 Å². The molecule has 1 aromatic heterocycles. The van der Waals surface area contributed by atoms with Crippen LogP contribution in [0.5, 0.6) is 0 Å². The number of rotatable bonds is 5. The number of hydrogen-bond donors (Lipinski definition) is 1. The van der Waals surface area contributed by atoms with Crippen LogP contribution in [0.2, 0.25) is 0 Å². The maximum atomic E-state index is 5.65. The molecule has 1 unspecified atom stereocenters. The van der Waals surface area contributed by atoms with Gasteiger partial charge in [-0.2, -0.15) is 5.10 Å². The largest absolute Gasteiger partial charge is 0.381 e. The number of aliphatic imine (C=N–C) groups is 1. The standard InChI is InChI=1S/C21H29N5O.HI/c1-2-22-20(25-14-9-21(16-25)10-15-27-17-21)23-12-8-18-4-6-19(7-5-18)26-13-3-11-24-26;/h3-7,11,13H,2,8-10,12,14-17H2,1H3,(H,22,23);1H. The normalized spacial score (nSPS) is 21.9. The molecule has 1 N–H and O–H groups in total. The van der Waals surface area contributed by atoms with Gasteiger partial charge in [-0.05, 0) is 49.9 Å². The van der Waals surface area contributed by atoms with Crippen molar-refractivity contribution in [1.82, 2.24) is 20.0 Å². The Bertz CT molecular complexity index is 754. The number of aromatic nitrogens is 2. The minimum absolute atomic E-state index is 0. The highest BCUT2D eigenvalue weighted by Crippen LogP contribution is 2.38. The van der Waals surface area contributed by atoms with Crippen molar-refractivity contribution in [2.45, 2.75) is 26.2 Å². The van der Waals surface area contributed by atoms with Crippen LogP contribution in [0.3, 0.4) is 0 Å². The predicted molar refractivity (Wildman–Crippen MR) is 123 cm³/mol. The first-order valence-electron chi connectivity index (χ1n) is 9.98. The number of ether oxygens (including phenoxy) is 1. The lowest BCUT2D eigenvalue weighted by atomic mass is 9.87. The van der Waals surface area contributed by atoms with Crippen LogP contribution in [0.4, 0.5) is 0 Å². The first-order chi connectivity index (χ1) is 13.3. The van der Waals surface area contributed by atoms with Gasteiger partial charge in [0, 0.05) is 50.6 Å². The highest BCUT2D eigenvalue weighted by atomic mass is 127. The zero-order valence-electron chi connectivity index (χ0n) is 16.5. The lowest BCUT2D eigenvalue weighted by Crippen LogP contribution is -2.41. The summed E-state index contributed by atoms with van der Waals surface area (Å²) in [5.74, 6) is 1.05. The third kappa shape index (κ3) is 4.86. The van der Waals surface area contributed by atoms with E-state index in [1.165, 1.54) is 18.4 Å². The number of halogens is 1. The van der Waals surface area contributed by atoms with Gasteiger partial charge in [0.2, 0.25) is 0 Å². The molecule has 1 spiro atoms. The van der Waals surface area contributed by atoms with Gasteiger partial charge in [-0.15, -0.1) is 24.0 Å². The molecular formula is C21H30IN5O. The molecule has 2 aliphatic heterocycles. The molecule has 4 rings (SSSR count). The Morgan fingerprint density at radius 3 is 2.82 bits per heavy atom. The van der Waals surface area contributed by atoms with Gasteiger partial charge in [0.1, 0.15) is 0 Å². The Balaban J connectivity index is 0.00000225. The monoisotopic (exact) mass is 495 g/mol. The maximum absolute atomic E-state index is 5.65. The van der Waals surface area contributed by atoms with E-state index in [9.17, 15) is 0 Å². The third-order valence-electron chi connectivity index (χ3n) is 5.63. The summed E-state index contributed by atoms with van der Waals surface area (Å²) in [7, 11) is 0. The minimum Gasteiger partial charge on any atom is -0.381 e. The van der Waals surface area contributed by atoms with Crippen LogP contribution >= 0.6 is 24.0 Å². The molecule has 0 bridgehead atoms. The second kappa shape index (κ2) is 9.73. The molecule has 7 heteroatoms. The third-order valence-corrected chi connectivity index (χ3v) is 5.63. The van der Waals surface area contributed by atoms with E-state index in [4.69, 9.17) is 9.73 Å². The lowest BCUT2D eigenvalue weighted by Gasteiger charge is -2.25. The molecular weight excluding hydrogens is 465 g/mol. The van der Waals surface area contributed by atoms with Gasteiger partial charge < -0.3 is 15.0 Å². The average molecular weight is 495 g/mol. The molecule has 0 amide bonds. The van der Waals surface area contributed by atoms with Crippen molar-refractivity contribution >= 4 is 29.9 Å². The average Bonchev–Trinajstić information content (AvgIpc) is 3.45. The van der Waals surface area contributed by atoms with Crippen molar-refractivity contribution in [3.8, 4) is 5.69 Å². The highest BCUT2D eigenvalue weighted by molar-refractivity contribution is 14.0. The van der Waals surface area contributed by atoms with Crippen molar-refractivity contribution in [2.24, 2.45) is 10.4 Å². The van der Waals surface area contributed by atoms with Crippen LogP contribution in [-0.2, 0) is 11.2 Å². The molecule has 0 saturated carbocycles. The smallest absolute Gasteiger partial charge is 0.193 e. The van der Waals surface area contributed by atoms with E-state index < -0.39 is 0 Å². The molecule has 3 heterocycles. The lowest BCUT2D eigenvalue weighted by molar-refractivity contribution is 0.156. The Hall–Kier alpha value is -1.61. The van der Waals surface area contributed by atoms with Gasteiger partial charge in [0.15, 0.2) is 5.96 Å². The summed E-state index contributed by atoms with van der Waals surface area (Å²) in [5, 5.41) is 7.74. The van der Waals surface area contributed by atoms with Gasteiger partial charge in [-0.3, -0.25) is 4.99 Å². The summed E-state index contributed by atoms with van der Waals surface area (Å²) < 4.78 is 7.53. The van der Waals surface area contributed by atoms with Crippen LogP contribution in [0, 0.1) is 5.41 Å². The quantitative estimate of drug-likeness (QED) is 0.394.